The summed E-state index contributed by atoms with van der Waals surface area (Å²) >= 11 is 3.22. The Bertz CT molecular complexity index is 558. The summed E-state index contributed by atoms with van der Waals surface area (Å²) in [6, 6.07) is 0. The van der Waals surface area contributed by atoms with Crippen molar-refractivity contribution in [3.05, 3.63) is 0 Å². The summed E-state index contributed by atoms with van der Waals surface area (Å²) in [7, 11) is -3.92. The van der Waals surface area contributed by atoms with Crippen molar-refractivity contribution in [3.8, 4) is 10.8 Å². The Morgan fingerprint density at radius 1 is 0.935 bits per heavy atom. The molecule has 1 fully saturated rings. The molecule has 1 rings (SSSR count). The van der Waals surface area contributed by atoms with Gasteiger partial charge in [0.1, 0.15) is 12.1 Å². The van der Waals surface area contributed by atoms with Gasteiger partial charge in [-0.25, -0.2) is 8.42 Å². The number of rotatable bonds is 16. The molecule has 0 amide bonds. The van der Waals surface area contributed by atoms with E-state index in [2.05, 4.69) is 38.9 Å². The smallest absolute Gasteiger partial charge is 0.128 e. The average molecular weight is 525 g/mol. The van der Waals surface area contributed by atoms with E-state index in [1.165, 1.54) is 96.3 Å². The number of quaternary nitrogens is 1. The third-order valence-electron chi connectivity index (χ3n) is 5.71. The highest BCUT2D eigenvalue weighted by molar-refractivity contribution is 9.12. The van der Waals surface area contributed by atoms with Crippen LogP contribution >= 0.6 is 15.9 Å². The number of hydrogen-bond donors (Lipinski definition) is 1. The van der Waals surface area contributed by atoms with E-state index in [4.69, 9.17) is 17.7 Å². The number of morpholine rings is 1. The van der Waals surface area contributed by atoms with Gasteiger partial charge in [-0.15, -0.1) is 0 Å². The first-order valence-electron chi connectivity index (χ1n) is 12.3. The maximum atomic E-state index is 9.08. The highest BCUT2D eigenvalue weighted by atomic mass is 79.9. The summed E-state index contributed by atoms with van der Waals surface area (Å²) in [5.74, 6) is 3.18. The van der Waals surface area contributed by atoms with E-state index in [0.717, 1.165) is 26.1 Å². The third kappa shape index (κ3) is 22.8. The minimum Gasteiger partial charge on any atom is -0.748 e. The van der Waals surface area contributed by atoms with Crippen LogP contribution in [0.1, 0.15) is 110 Å². The molecule has 0 bridgehead atoms. The number of hydrogen-bond acceptors (Lipinski definition) is 4. The fourth-order valence-corrected chi connectivity index (χ4v) is 4.15. The molecule has 0 saturated carbocycles. The van der Waals surface area contributed by atoms with Gasteiger partial charge in [-0.05, 0) is 11.3 Å². The third-order valence-corrected chi connectivity index (χ3v) is 5.99. The summed E-state index contributed by atoms with van der Waals surface area (Å²) in [4.78, 5) is 2.86. The molecule has 1 aliphatic heterocycles. The van der Waals surface area contributed by atoms with E-state index < -0.39 is 10.1 Å². The van der Waals surface area contributed by atoms with Gasteiger partial charge in [0.05, 0.1) is 23.3 Å². The van der Waals surface area contributed by atoms with Crippen LogP contribution in [0.2, 0.25) is 0 Å². The van der Waals surface area contributed by atoms with Crippen LogP contribution in [0.25, 0.3) is 0 Å². The van der Waals surface area contributed by atoms with E-state index in [0.29, 0.717) is 6.26 Å². The Balaban J connectivity index is 0.00000161. The fourth-order valence-electron chi connectivity index (χ4n) is 4.00. The standard InChI is InChI=1S/C23H42BrNO.CH4O3S/c1-2-3-4-5-6-7-8-9-10-11-12-13-14-15-17-23(18-16-19-24)22-25-20-21-26-23;1-5(2,3)4/h25H,2-15,17-18,20-22H2,1H3;1H3,(H,2,3,4). The van der Waals surface area contributed by atoms with Gasteiger partial charge in [0.2, 0.25) is 0 Å². The van der Waals surface area contributed by atoms with E-state index in [9.17, 15) is 0 Å². The molecular weight excluding hydrogens is 478 g/mol. The van der Waals surface area contributed by atoms with Crippen molar-refractivity contribution < 1.29 is 23.0 Å². The van der Waals surface area contributed by atoms with E-state index >= 15 is 0 Å². The molecule has 184 valence electrons. The van der Waals surface area contributed by atoms with Gasteiger partial charge >= 0.3 is 0 Å². The highest BCUT2D eigenvalue weighted by Gasteiger charge is 2.34. The van der Waals surface area contributed by atoms with Crippen molar-refractivity contribution in [1.29, 1.82) is 0 Å². The van der Waals surface area contributed by atoms with Crippen molar-refractivity contribution in [2.45, 2.75) is 115 Å². The first-order valence-corrected chi connectivity index (χ1v) is 14.9. The molecule has 31 heavy (non-hydrogen) atoms. The molecule has 0 aliphatic carbocycles. The maximum Gasteiger partial charge on any atom is 0.128 e. The summed E-state index contributed by atoms with van der Waals surface area (Å²) in [6.45, 7) is 5.35. The molecule has 1 unspecified atom stereocenters. The van der Waals surface area contributed by atoms with Crippen LogP contribution in [0.4, 0.5) is 0 Å². The van der Waals surface area contributed by atoms with Crippen molar-refractivity contribution >= 4 is 26.0 Å². The average Bonchev–Trinajstić information content (AvgIpc) is 2.72. The number of halogens is 1. The summed E-state index contributed by atoms with van der Waals surface area (Å²) in [5.41, 5.74) is 0.0101. The quantitative estimate of drug-likeness (QED) is 0.173. The van der Waals surface area contributed by atoms with E-state index in [1.54, 1.807) is 0 Å². The molecule has 1 atom stereocenters. The zero-order valence-corrected chi connectivity index (χ0v) is 22.3. The highest BCUT2D eigenvalue weighted by Crippen LogP contribution is 2.24. The van der Waals surface area contributed by atoms with Crippen LogP contribution in [0.3, 0.4) is 0 Å². The lowest BCUT2D eigenvalue weighted by molar-refractivity contribution is -0.686. The molecule has 1 saturated heterocycles. The van der Waals surface area contributed by atoms with Crippen LogP contribution in [0.5, 0.6) is 0 Å². The molecule has 1 heterocycles. The maximum absolute atomic E-state index is 9.08. The van der Waals surface area contributed by atoms with Crippen LogP contribution in [0.15, 0.2) is 0 Å². The van der Waals surface area contributed by atoms with Gasteiger partial charge in [0.25, 0.3) is 0 Å². The Labute approximate surface area is 200 Å². The molecule has 7 heteroatoms. The predicted octanol–water partition coefficient (Wildman–Crippen LogP) is 5.10. The minimum atomic E-state index is -3.92. The Morgan fingerprint density at radius 3 is 1.77 bits per heavy atom. The lowest BCUT2D eigenvalue weighted by Crippen LogP contribution is -2.91. The van der Waals surface area contributed by atoms with Crippen molar-refractivity contribution in [3.63, 3.8) is 0 Å². The predicted molar refractivity (Wildman–Crippen MR) is 132 cm³/mol. The van der Waals surface area contributed by atoms with Crippen molar-refractivity contribution in [2.75, 3.05) is 26.0 Å². The second-order valence-corrected chi connectivity index (χ2v) is 10.6. The van der Waals surface area contributed by atoms with Crippen molar-refractivity contribution in [2.24, 2.45) is 0 Å². The fraction of sp³-hybridized carbons (Fsp3) is 0.917. The van der Waals surface area contributed by atoms with Gasteiger partial charge in [-0.2, -0.15) is 0 Å². The topological polar surface area (TPSA) is 83.0 Å². The first-order chi connectivity index (χ1) is 14.8. The van der Waals surface area contributed by atoms with Gasteiger partial charge in [-0.3, -0.25) is 0 Å². The lowest BCUT2D eigenvalue weighted by atomic mass is 9.91. The van der Waals surface area contributed by atoms with Crippen LogP contribution in [-0.2, 0) is 14.9 Å². The Morgan fingerprint density at radius 2 is 1.39 bits per heavy atom. The van der Waals surface area contributed by atoms with Gasteiger partial charge in [0.15, 0.2) is 0 Å². The molecule has 0 aromatic heterocycles. The van der Waals surface area contributed by atoms with Crippen LogP contribution < -0.4 is 5.32 Å². The van der Waals surface area contributed by atoms with Crippen molar-refractivity contribution in [1.82, 2.24) is 0 Å². The van der Waals surface area contributed by atoms with E-state index in [-0.39, 0.29) is 5.60 Å². The monoisotopic (exact) mass is 523 g/mol. The van der Waals surface area contributed by atoms with Gasteiger partial charge in [-0.1, -0.05) is 103 Å². The number of ether oxygens (including phenoxy) is 1. The molecule has 2 N–H and O–H groups in total. The molecular formula is C24H46BrNO4S. The summed E-state index contributed by atoms with van der Waals surface area (Å²) in [5, 5.41) is 2.39. The zero-order valence-electron chi connectivity index (χ0n) is 19.9. The van der Waals surface area contributed by atoms with Crippen LogP contribution in [0, 0.1) is 10.8 Å². The van der Waals surface area contributed by atoms with Gasteiger partial charge < -0.3 is 14.6 Å². The largest absolute Gasteiger partial charge is 0.748 e. The van der Waals surface area contributed by atoms with Gasteiger partial charge in [0, 0.05) is 28.6 Å². The summed E-state index contributed by atoms with van der Waals surface area (Å²) < 4.78 is 33.4. The molecule has 0 radical (unpaired) electrons. The number of nitrogens with two attached hydrogens (primary N) is 1. The Hall–Kier alpha value is -0.130. The normalized spacial score (nSPS) is 18.6. The second kappa shape index (κ2) is 20.5. The Kier molecular flexibility index (Phi) is 20.4. The van der Waals surface area contributed by atoms with E-state index in [1.807, 2.05) is 0 Å². The number of unbranched alkanes of at least 4 members (excludes halogenated alkanes) is 13. The molecule has 5 nitrogen and oxygen atoms in total. The molecule has 0 aromatic carbocycles. The minimum absolute atomic E-state index is 0.0101. The molecule has 0 spiro atoms. The lowest BCUT2D eigenvalue weighted by Gasteiger charge is -2.34. The molecule has 0 aromatic rings. The van der Waals surface area contributed by atoms with Crippen LogP contribution in [-0.4, -0.2) is 44.5 Å². The zero-order chi connectivity index (χ0) is 23.3. The SMILES string of the molecule is CCCCCCCCCCCCCCCCC1(CC#CBr)C[NH2+]CCO1.CS(=O)(=O)[O-]. The second-order valence-electron chi connectivity index (χ2n) is 8.81. The first kappa shape index (κ1) is 30.9. The summed E-state index contributed by atoms with van der Waals surface area (Å²) in [6.07, 6.45) is 22.5. The molecule has 1 aliphatic rings.